The molecule has 10 nitrogen and oxygen atoms in total. The van der Waals surface area contributed by atoms with Crippen LogP contribution in [0.1, 0.15) is 47.1 Å². The minimum Gasteiger partial charge on any atom is -0.494 e. The third-order valence-corrected chi connectivity index (χ3v) is 9.17. The molecule has 0 aliphatic carbocycles. The molecule has 1 aliphatic heterocycles. The van der Waals surface area contributed by atoms with E-state index in [1.807, 2.05) is 60.4 Å². The van der Waals surface area contributed by atoms with Gasteiger partial charge in [-0.2, -0.15) is 0 Å². The molecule has 4 aromatic rings. The maximum absolute atomic E-state index is 12.6. The van der Waals surface area contributed by atoms with Crippen LogP contribution in [0, 0.1) is 11.8 Å². The first kappa shape index (κ1) is 30.9. The second-order valence-electron chi connectivity index (χ2n) is 9.97. The highest BCUT2D eigenvalue weighted by Crippen LogP contribution is 2.35. The first-order valence-corrected chi connectivity index (χ1v) is 15.8. The fourth-order valence-electron chi connectivity index (χ4n) is 4.78. The largest absolute Gasteiger partial charge is 0.494 e. The summed E-state index contributed by atoms with van der Waals surface area (Å²) in [5, 5.41) is 13.4. The van der Waals surface area contributed by atoms with Gasteiger partial charge in [-0.05, 0) is 80.2 Å². The highest BCUT2D eigenvalue weighted by Gasteiger charge is 2.27. The molecular weight excluding hydrogens is 597 g/mol. The lowest BCUT2D eigenvalue weighted by Crippen LogP contribution is -2.34. The van der Waals surface area contributed by atoms with Crippen LogP contribution in [0.4, 0.5) is 10.3 Å². The molecule has 44 heavy (non-hydrogen) atoms. The Bertz CT molecular complexity index is 1730. The van der Waals surface area contributed by atoms with Crippen LogP contribution < -0.4 is 26.4 Å². The lowest BCUT2D eigenvalue weighted by atomic mass is 9.99. The maximum Gasteiger partial charge on any atom is 0.357 e. The number of methoxy groups -OCH3 is 1. The van der Waals surface area contributed by atoms with Crippen LogP contribution in [0.25, 0.3) is 10.2 Å². The Hall–Kier alpha value is -4.57. The molecule has 0 bridgehead atoms. The number of anilines is 2. The first-order valence-electron chi connectivity index (χ1n) is 14.1. The molecule has 0 radical (unpaired) electrons. The zero-order valence-corrected chi connectivity index (χ0v) is 26.2. The molecule has 0 fully saturated rings. The van der Waals surface area contributed by atoms with Crippen molar-refractivity contribution in [1.29, 1.82) is 0 Å². The quantitative estimate of drug-likeness (QED) is 0.108. The summed E-state index contributed by atoms with van der Waals surface area (Å²) in [7, 11) is 1.35. The summed E-state index contributed by atoms with van der Waals surface area (Å²) in [5.41, 5.74) is 17.0. The number of aliphatic hydroxyl groups excluding tert-OH is 1. The minimum atomic E-state index is -0.483. The number of allylic oxidation sites excluding steroid dienone is 2. The van der Waals surface area contributed by atoms with Crippen molar-refractivity contribution < 1.29 is 19.4 Å². The van der Waals surface area contributed by atoms with Gasteiger partial charge in [0.1, 0.15) is 24.0 Å². The third-order valence-electron chi connectivity index (χ3n) is 7.08. The number of carbonyl (C=O) groups is 1. The van der Waals surface area contributed by atoms with Crippen molar-refractivity contribution in [2.75, 3.05) is 37.1 Å². The Kier molecular flexibility index (Phi) is 10.0. The van der Waals surface area contributed by atoms with Gasteiger partial charge in [-0.3, -0.25) is 0 Å². The molecular formula is C32H34N6O4S2. The third kappa shape index (κ3) is 7.14. The number of rotatable bonds is 10. The molecule has 228 valence electrons. The summed E-state index contributed by atoms with van der Waals surface area (Å²) in [6, 6.07) is 15.3. The van der Waals surface area contributed by atoms with Crippen molar-refractivity contribution in [3.63, 3.8) is 0 Å². The van der Waals surface area contributed by atoms with Crippen LogP contribution >= 0.6 is 22.7 Å². The van der Waals surface area contributed by atoms with Crippen molar-refractivity contribution in [1.82, 2.24) is 9.97 Å². The number of aromatic nitrogens is 2. The Morgan fingerprint density at radius 3 is 2.70 bits per heavy atom. The van der Waals surface area contributed by atoms with E-state index in [9.17, 15) is 4.79 Å². The number of ether oxygens (including phenoxy) is 2. The fraction of sp³-hybridized carbons (Fsp3) is 0.281. The Morgan fingerprint density at radius 2 is 1.95 bits per heavy atom. The van der Waals surface area contributed by atoms with E-state index in [1.54, 1.807) is 0 Å². The van der Waals surface area contributed by atoms with Gasteiger partial charge in [-0.1, -0.05) is 35.3 Å². The molecule has 0 amide bonds. The van der Waals surface area contributed by atoms with Gasteiger partial charge in [0.05, 0.1) is 23.9 Å². The van der Waals surface area contributed by atoms with Crippen LogP contribution in [0.3, 0.4) is 0 Å². The number of hydrogen-bond donors (Lipinski definition) is 4. The van der Waals surface area contributed by atoms with Crippen molar-refractivity contribution in [2.24, 2.45) is 11.5 Å². The van der Waals surface area contributed by atoms with Gasteiger partial charge in [0, 0.05) is 17.0 Å². The van der Waals surface area contributed by atoms with Crippen LogP contribution in [0.5, 0.6) is 5.75 Å². The summed E-state index contributed by atoms with van der Waals surface area (Å²) >= 11 is 2.97. The van der Waals surface area contributed by atoms with Crippen molar-refractivity contribution in [3.05, 3.63) is 87.5 Å². The predicted molar refractivity (Wildman–Crippen MR) is 176 cm³/mol. The highest BCUT2D eigenvalue weighted by atomic mass is 32.1. The van der Waals surface area contributed by atoms with Crippen molar-refractivity contribution in [2.45, 2.75) is 32.6 Å². The van der Waals surface area contributed by atoms with Crippen LogP contribution in [0.2, 0.25) is 0 Å². The SMILES string of the molecule is COC(=O)c1nc(N2CCCC(/C(C)=C(\N)Nc3nc4ccccc4s3)=C2N)sc1CCCOc1ccc(C#CCO)cc1. The van der Waals surface area contributed by atoms with E-state index in [4.69, 9.17) is 26.0 Å². The Balaban J connectivity index is 1.29. The van der Waals surface area contributed by atoms with Gasteiger partial charge in [0.15, 0.2) is 16.0 Å². The standard InChI is InChI=1S/C32H34N6O4S2/c1-20(28(33)37-31-35-24-10-3-4-11-25(24)43-31)23-9-5-17-38(29(23)34)32-36-27(30(40)41-2)26(44-32)12-7-19-42-22-15-13-21(14-16-22)8-6-18-39/h3-4,10-11,13-16,39H,5,7,9,12,17-19,33-34H2,1-2H3,(H,35,37)/b28-20+. The number of fused-ring (bicyclic) bond motifs is 1. The van der Waals surface area contributed by atoms with Gasteiger partial charge < -0.3 is 36.3 Å². The van der Waals surface area contributed by atoms with Gasteiger partial charge in [0.25, 0.3) is 0 Å². The average Bonchev–Trinajstić information content (AvgIpc) is 3.66. The molecule has 6 N–H and O–H groups in total. The minimum absolute atomic E-state index is 0.179. The summed E-state index contributed by atoms with van der Waals surface area (Å²) in [6.45, 7) is 2.89. The number of carbonyl (C=O) groups excluding carboxylic acids is 1. The van der Waals surface area contributed by atoms with Crippen LogP contribution in [0.15, 0.2) is 71.3 Å². The molecule has 0 atom stereocenters. The summed E-state index contributed by atoms with van der Waals surface area (Å²) < 4.78 is 12.0. The summed E-state index contributed by atoms with van der Waals surface area (Å²) in [4.78, 5) is 24.7. The molecule has 0 spiro atoms. The predicted octanol–water partition coefficient (Wildman–Crippen LogP) is 4.97. The van der Waals surface area contributed by atoms with Gasteiger partial charge >= 0.3 is 5.97 Å². The average molecular weight is 631 g/mol. The lowest BCUT2D eigenvalue weighted by molar-refractivity contribution is 0.0593. The number of hydrogen-bond acceptors (Lipinski definition) is 12. The van der Waals surface area contributed by atoms with E-state index in [1.165, 1.54) is 29.8 Å². The zero-order valence-electron chi connectivity index (χ0n) is 24.6. The van der Waals surface area contributed by atoms with Gasteiger partial charge in [-0.15, -0.1) is 11.3 Å². The van der Waals surface area contributed by atoms with E-state index >= 15 is 0 Å². The van der Waals surface area contributed by atoms with Crippen molar-refractivity contribution in [3.8, 4) is 17.6 Å². The van der Waals surface area contributed by atoms with Gasteiger partial charge in [0.2, 0.25) is 0 Å². The summed E-state index contributed by atoms with van der Waals surface area (Å²) in [5.74, 6) is 6.77. The lowest BCUT2D eigenvalue weighted by Gasteiger charge is -2.30. The molecule has 5 rings (SSSR count). The number of nitrogens with zero attached hydrogens (tertiary/aromatic N) is 3. The molecule has 2 aromatic heterocycles. The number of aliphatic hydroxyl groups is 1. The number of aryl methyl sites for hydroxylation is 1. The van der Waals surface area contributed by atoms with E-state index in [2.05, 4.69) is 27.1 Å². The topological polar surface area (TPSA) is 149 Å². The highest BCUT2D eigenvalue weighted by molar-refractivity contribution is 7.22. The second kappa shape index (κ2) is 14.3. The number of nitrogens with one attached hydrogen (secondary N) is 1. The molecule has 12 heteroatoms. The molecule has 1 aliphatic rings. The molecule has 0 saturated carbocycles. The number of benzene rings is 2. The fourth-order valence-corrected chi connectivity index (χ4v) is 6.79. The van der Waals surface area contributed by atoms with Crippen LogP contribution in [-0.2, 0) is 11.2 Å². The number of nitrogens with two attached hydrogens (primary N) is 2. The molecule has 2 aromatic carbocycles. The summed E-state index contributed by atoms with van der Waals surface area (Å²) in [6.07, 6.45) is 2.88. The molecule has 3 heterocycles. The van der Waals surface area contributed by atoms with E-state index in [0.717, 1.165) is 55.5 Å². The van der Waals surface area contributed by atoms with E-state index in [-0.39, 0.29) is 6.61 Å². The maximum atomic E-state index is 12.6. The second-order valence-corrected chi connectivity index (χ2v) is 12.1. The van der Waals surface area contributed by atoms with Crippen molar-refractivity contribution >= 4 is 49.1 Å². The normalized spacial score (nSPS) is 13.8. The smallest absolute Gasteiger partial charge is 0.357 e. The zero-order chi connectivity index (χ0) is 31.1. The first-order chi connectivity index (χ1) is 21.4. The van der Waals surface area contributed by atoms with Gasteiger partial charge in [-0.25, -0.2) is 14.8 Å². The van der Waals surface area contributed by atoms with Crippen LogP contribution in [-0.4, -0.2) is 47.9 Å². The monoisotopic (exact) mass is 630 g/mol. The van der Waals surface area contributed by atoms with E-state index in [0.29, 0.717) is 48.5 Å². The number of esters is 1. The molecule has 0 unspecified atom stereocenters. The Morgan fingerprint density at radius 1 is 1.16 bits per heavy atom. The van der Waals surface area contributed by atoms with E-state index < -0.39 is 5.97 Å². The number of thiazole rings is 2. The number of para-hydroxylation sites is 1. The molecule has 0 saturated heterocycles. The Labute approximate surface area is 264 Å².